The maximum atomic E-state index is 10.6. The lowest BCUT2D eigenvalue weighted by molar-refractivity contribution is 0.194. The third kappa shape index (κ3) is 1.49. The largest absolute Gasteiger partial charge is 0.493 e. The Morgan fingerprint density at radius 3 is 3.00 bits per heavy atom. The molecule has 0 fully saturated rings. The van der Waals surface area contributed by atoms with Crippen LogP contribution in [0, 0.1) is 0 Å². The Morgan fingerprint density at radius 1 is 1.91 bits per heavy atom. The van der Waals surface area contributed by atoms with E-state index in [2.05, 4.69) is 4.99 Å². The van der Waals surface area contributed by atoms with E-state index in [0.29, 0.717) is 0 Å². The zero-order valence-corrected chi connectivity index (χ0v) is 6.11. The fourth-order valence-electron chi connectivity index (χ4n) is 0.779. The first-order valence-electron chi connectivity index (χ1n) is 3.10. The monoisotopic (exact) mass is 155 g/mol. The Labute approximate surface area is 63.8 Å². The molecule has 0 bridgehead atoms. The second-order valence-corrected chi connectivity index (χ2v) is 2.28. The number of amides is 2. The van der Waals surface area contributed by atoms with Crippen LogP contribution in [0.1, 0.15) is 6.92 Å². The number of nitrogens with zero attached hydrogens (tertiary/aromatic N) is 2. The van der Waals surface area contributed by atoms with Crippen LogP contribution >= 0.6 is 0 Å². The third-order valence-corrected chi connectivity index (χ3v) is 1.33. The lowest BCUT2D eigenvalue weighted by atomic mass is 10.3. The Kier molecular flexibility index (Phi) is 1.80. The predicted octanol–water partition coefficient (Wildman–Crippen LogP) is 0.199. The van der Waals surface area contributed by atoms with Gasteiger partial charge in [-0.2, -0.15) is 0 Å². The van der Waals surface area contributed by atoms with Gasteiger partial charge in [-0.05, 0) is 6.92 Å². The Bertz CT molecular complexity index is 244. The molecule has 11 heavy (non-hydrogen) atoms. The smallest absolute Gasteiger partial charge is 0.322 e. The van der Waals surface area contributed by atoms with Gasteiger partial charge in [0.2, 0.25) is 5.88 Å². The molecule has 1 aliphatic heterocycles. The van der Waals surface area contributed by atoms with Gasteiger partial charge in [0, 0.05) is 5.71 Å². The van der Waals surface area contributed by atoms with Gasteiger partial charge in [-0.3, -0.25) is 9.89 Å². The van der Waals surface area contributed by atoms with E-state index in [9.17, 15) is 4.79 Å². The van der Waals surface area contributed by atoms with Gasteiger partial charge in [0.1, 0.15) is 0 Å². The van der Waals surface area contributed by atoms with Gasteiger partial charge >= 0.3 is 6.03 Å². The molecule has 3 N–H and O–H groups in total. The van der Waals surface area contributed by atoms with E-state index in [-0.39, 0.29) is 12.4 Å². The summed E-state index contributed by atoms with van der Waals surface area (Å²) in [5.41, 5.74) is 5.69. The molecule has 0 unspecified atom stereocenters. The Morgan fingerprint density at radius 2 is 2.55 bits per heavy atom. The predicted molar refractivity (Wildman–Crippen MR) is 40.1 cm³/mol. The normalized spacial score (nSPS) is 17.4. The van der Waals surface area contributed by atoms with E-state index in [0.717, 1.165) is 10.6 Å². The standard InChI is InChI=1S/C6H9N3O2/c1-4-3-9(6(7)11)5(10)2-8-4/h2,10H,3H2,1H3,(H2,7,11). The molecule has 0 saturated heterocycles. The number of nitrogens with two attached hydrogens (primary N) is 1. The molecule has 5 nitrogen and oxygen atoms in total. The summed E-state index contributed by atoms with van der Waals surface area (Å²) in [4.78, 5) is 15.4. The fraction of sp³-hybridized carbons (Fsp3) is 0.333. The number of aliphatic hydroxyl groups is 1. The van der Waals surface area contributed by atoms with Crippen molar-refractivity contribution in [1.82, 2.24) is 4.90 Å². The summed E-state index contributed by atoms with van der Waals surface area (Å²) in [6.07, 6.45) is 1.20. The lowest BCUT2D eigenvalue weighted by Gasteiger charge is -2.20. The number of aliphatic imine (C=N–C) groups is 1. The van der Waals surface area contributed by atoms with Crippen LogP contribution in [0.2, 0.25) is 0 Å². The zero-order valence-electron chi connectivity index (χ0n) is 6.11. The number of primary amides is 1. The molecule has 1 rings (SSSR count). The third-order valence-electron chi connectivity index (χ3n) is 1.33. The minimum absolute atomic E-state index is 0.205. The van der Waals surface area contributed by atoms with E-state index in [1.54, 1.807) is 6.92 Å². The highest BCUT2D eigenvalue weighted by Crippen LogP contribution is 2.05. The van der Waals surface area contributed by atoms with E-state index >= 15 is 0 Å². The van der Waals surface area contributed by atoms with Crippen molar-refractivity contribution >= 4 is 11.7 Å². The average Bonchev–Trinajstić information content (AvgIpc) is 1.94. The summed E-state index contributed by atoms with van der Waals surface area (Å²) in [5, 5.41) is 9.04. The fourth-order valence-corrected chi connectivity index (χ4v) is 0.779. The average molecular weight is 155 g/mol. The molecule has 1 aliphatic rings. The molecular weight excluding hydrogens is 146 g/mol. The molecule has 0 saturated carbocycles. The molecule has 0 radical (unpaired) electrons. The zero-order chi connectivity index (χ0) is 8.43. The quantitative estimate of drug-likeness (QED) is 0.524. The van der Waals surface area contributed by atoms with Crippen molar-refractivity contribution in [3.8, 4) is 0 Å². The number of hydrogen-bond donors (Lipinski definition) is 2. The maximum absolute atomic E-state index is 10.6. The van der Waals surface area contributed by atoms with Gasteiger partial charge in [0.25, 0.3) is 0 Å². The second-order valence-electron chi connectivity index (χ2n) is 2.28. The number of urea groups is 1. The molecule has 5 heteroatoms. The number of carbonyl (C=O) groups is 1. The summed E-state index contributed by atoms with van der Waals surface area (Å²) in [6, 6.07) is -0.673. The maximum Gasteiger partial charge on any atom is 0.322 e. The van der Waals surface area contributed by atoms with E-state index < -0.39 is 6.03 Å². The topological polar surface area (TPSA) is 78.9 Å². The van der Waals surface area contributed by atoms with E-state index in [1.807, 2.05) is 0 Å². The molecule has 0 aromatic rings. The van der Waals surface area contributed by atoms with E-state index in [4.69, 9.17) is 10.8 Å². The molecule has 2 amide bonds. The molecule has 0 aromatic heterocycles. The van der Waals surface area contributed by atoms with Crippen molar-refractivity contribution < 1.29 is 9.90 Å². The van der Waals surface area contributed by atoms with E-state index in [1.165, 1.54) is 6.20 Å². The first kappa shape index (κ1) is 7.59. The Hall–Kier alpha value is -1.52. The van der Waals surface area contributed by atoms with Gasteiger partial charge in [0.15, 0.2) is 0 Å². The van der Waals surface area contributed by atoms with Crippen molar-refractivity contribution in [1.29, 1.82) is 0 Å². The minimum atomic E-state index is -0.673. The number of carbonyl (C=O) groups excluding carboxylic acids is 1. The van der Waals surface area contributed by atoms with Gasteiger partial charge in [-0.15, -0.1) is 0 Å². The van der Waals surface area contributed by atoms with Gasteiger partial charge in [-0.1, -0.05) is 0 Å². The molecule has 0 aromatic carbocycles. The number of rotatable bonds is 0. The molecule has 1 heterocycles. The van der Waals surface area contributed by atoms with Gasteiger partial charge < -0.3 is 10.8 Å². The van der Waals surface area contributed by atoms with Crippen LogP contribution in [0.4, 0.5) is 4.79 Å². The van der Waals surface area contributed by atoms with Crippen molar-refractivity contribution in [2.75, 3.05) is 6.54 Å². The van der Waals surface area contributed by atoms with Gasteiger partial charge in [0.05, 0.1) is 12.7 Å². The van der Waals surface area contributed by atoms with Gasteiger partial charge in [-0.25, -0.2) is 4.79 Å². The molecule has 0 aliphatic carbocycles. The van der Waals surface area contributed by atoms with Crippen molar-refractivity contribution in [3.05, 3.63) is 12.1 Å². The van der Waals surface area contributed by atoms with Crippen LogP contribution in [0.3, 0.4) is 0 Å². The summed E-state index contributed by atoms with van der Waals surface area (Å²) in [6.45, 7) is 2.01. The van der Waals surface area contributed by atoms with Crippen molar-refractivity contribution in [3.63, 3.8) is 0 Å². The van der Waals surface area contributed by atoms with Crippen molar-refractivity contribution in [2.24, 2.45) is 10.7 Å². The number of aliphatic hydroxyl groups excluding tert-OH is 1. The molecule has 60 valence electrons. The summed E-state index contributed by atoms with van der Waals surface area (Å²) in [7, 11) is 0. The highest BCUT2D eigenvalue weighted by atomic mass is 16.3. The summed E-state index contributed by atoms with van der Waals surface area (Å²) >= 11 is 0. The SMILES string of the molecule is CC1=NC=C(O)N(C(N)=O)C1. The summed E-state index contributed by atoms with van der Waals surface area (Å²) < 4.78 is 0. The van der Waals surface area contributed by atoms with Crippen LogP contribution in [-0.2, 0) is 0 Å². The van der Waals surface area contributed by atoms with Crippen LogP contribution in [0.25, 0.3) is 0 Å². The first-order chi connectivity index (χ1) is 5.11. The van der Waals surface area contributed by atoms with Crippen molar-refractivity contribution in [2.45, 2.75) is 6.92 Å². The number of hydrogen-bond acceptors (Lipinski definition) is 3. The van der Waals surface area contributed by atoms with Crippen LogP contribution in [0.5, 0.6) is 0 Å². The molecule has 0 atom stereocenters. The summed E-state index contributed by atoms with van der Waals surface area (Å²) in [5.74, 6) is -0.205. The highest BCUT2D eigenvalue weighted by molar-refractivity contribution is 5.89. The minimum Gasteiger partial charge on any atom is -0.493 e. The second kappa shape index (κ2) is 2.61. The van der Waals surface area contributed by atoms with Crippen LogP contribution in [-0.4, -0.2) is 28.3 Å². The Balaban J connectivity index is 2.81. The van der Waals surface area contributed by atoms with Crippen LogP contribution in [0.15, 0.2) is 17.1 Å². The molecule has 0 spiro atoms. The lowest BCUT2D eigenvalue weighted by Crippen LogP contribution is -2.39. The first-order valence-corrected chi connectivity index (χ1v) is 3.10. The molecular formula is C6H9N3O2. The highest BCUT2D eigenvalue weighted by Gasteiger charge is 2.17. The van der Waals surface area contributed by atoms with Crippen LogP contribution < -0.4 is 5.73 Å².